The Labute approximate surface area is 600 Å². The molecule has 3 aliphatic heterocycles. The fraction of sp³-hybridized carbons (Fsp3) is 0.507. The van der Waals surface area contributed by atoms with Crippen LogP contribution >= 0.6 is 11.6 Å². The molecule has 0 radical (unpaired) electrons. The minimum atomic E-state index is -5.46. The monoisotopic (exact) mass is 1500 g/mol. The molecular formula is C67H79ClN6O29S. The number of aromatic nitrogens is 1. The largest absolute Gasteiger partial charge is 0.501 e. The maximum absolute atomic E-state index is 15.3. The molecule has 0 bridgehead atoms. The summed E-state index contributed by atoms with van der Waals surface area (Å²) in [5.74, 6) is -10.4. The molecule has 8 rings (SSSR count). The Balaban J connectivity index is 1.14. The van der Waals surface area contributed by atoms with E-state index in [9.17, 15) is 46.8 Å². The molecule has 2 fully saturated rings. The topological polar surface area (TPSA) is 425 Å². The lowest BCUT2D eigenvalue weighted by Gasteiger charge is -2.43. The van der Waals surface area contributed by atoms with E-state index in [1.807, 2.05) is 0 Å². The molecule has 11 atom stereocenters. The van der Waals surface area contributed by atoms with Crippen LogP contribution < -0.4 is 32.2 Å². The third kappa shape index (κ3) is 20.3. The van der Waals surface area contributed by atoms with Crippen molar-refractivity contribution in [2.75, 3.05) is 105 Å². The number of nitrogens with one attached hydrogen (secondary N) is 1. The normalized spacial score (nSPS) is 21.2. The molecule has 104 heavy (non-hydrogen) atoms. The highest BCUT2D eigenvalue weighted by Gasteiger charge is 2.56. The third-order valence-electron chi connectivity index (χ3n) is 16.1. The van der Waals surface area contributed by atoms with Crippen LogP contribution in [-0.4, -0.2) is 227 Å². The van der Waals surface area contributed by atoms with Gasteiger partial charge in [0.25, 0.3) is 11.8 Å². The number of esters is 7. The Bertz CT molecular complexity index is 4150. The second-order valence-electron chi connectivity index (χ2n) is 23.5. The van der Waals surface area contributed by atoms with Crippen LogP contribution in [0.1, 0.15) is 87.7 Å². The van der Waals surface area contributed by atoms with E-state index in [2.05, 4.69) is 15.0 Å². The average molecular weight is 1500 g/mol. The minimum Gasteiger partial charge on any atom is -0.497 e. The van der Waals surface area contributed by atoms with Crippen LogP contribution in [0.4, 0.5) is 5.69 Å². The van der Waals surface area contributed by atoms with Gasteiger partial charge in [-0.05, 0) is 71.9 Å². The molecule has 0 aliphatic carbocycles. The predicted octanol–water partition coefficient (Wildman–Crippen LogP) is 6.08. The van der Waals surface area contributed by atoms with E-state index >= 15 is 4.79 Å². The van der Waals surface area contributed by atoms with Crippen LogP contribution in [0.2, 0.25) is 0 Å². The van der Waals surface area contributed by atoms with Crippen LogP contribution in [0.15, 0.2) is 65.8 Å². The van der Waals surface area contributed by atoms with Gasteiger partial charge in [-0.25, -0.2) is 4.79 Å². The van der Waals surface area contributed by atoms with Crippen molar-refractivity contribution >= 4 is 103 Å². The highest BCUT2D eigenvalue weighted by molar-refractivity contribution is 7.82. The van der Waals surface area contributed by atoms with Crippen molar-refractivity contribution in [2.45, 2.75) is 117 Å². The van der Waals surface area contributed by atoms with Crippen LogP contribution in [0.3, 0.4) is 0 Å². The van der Waals surface area contributed by atoms with Crippen molar-refractivity contribution in [3.63, 3.8) is 0 Å². The fourth-order valence-corrected chi connectivity index (χ4v) is 12.6. The number of azide groups is 1. The van der Waals surface area contributed by atoms with Crippen molar-refractivity contribution in [2.24, 2.45) is 11.0 Å². The van der Waals surface area contributed by atoms with Gasteiger partial charge in [0.2, 0.25) is 24.8 Å². The number of methoxy groups -OCH3 is 2. The van der Waals surface area contributed by atoms with Gasteiger partial charge in [0.05, 0.1) is 66.2 Å². The summed E-state index contributed by atoms with van der Waals surface area (Å²) < 4.78 is 133. The lowest BCUT2D eigenvalue weighted by Crippen LogP contribution is -2.64. The Kier molecular flexibility index (Phi) is 28.0. The molecule has 4 heterocycles. The van der Waals surface area contributed by atoms with Gasteiger partial charge in [0.15, 0.2) is 47.1 Å². The van der Waals surface area contributed by atoms with E-state index in [1.165, 1.54) is 66.4 Å². The zero-order valence-electron chi connectivity index (χ0n) is 58.5. The molecule has 4 aromatic carbocycles. The van der Waals surface area contributed by atoms with E-state index in [0.717, 1.165) is 60.8 Å². The summed E-state index contributed by atoms with van der Waals surface area (Å²) in [6, 6.07) is 13.8. The minimum absolute atomic E-state index is 0.0179. The van der Waals surface area contributed by atoms with E-state index in [-0.39, 0.29) is 111 Å². The van der Waals surface area contributed by atoms with Gasteiger partial charge < -0.3 is 98.9 Å². The summed E-state index contributed by atoms with van der Waals surface area (Å²) in [5.41, 5.74) is 9.04. The highest BCUT2D eigenvalue weighted by atomic mass is 35.5. The molecule has 3 aliphatic rings. The molecule has 0 saturated carbocycles. The van der Waals surface area contributed by atoms with Crippen molar-refractivity contribution in [1.29, 1.82) is 0 Å². The third-order valence-corrected chi connectivity index (χ3v) is 17.2. The Hall–Kier alpha value is -9.94. The standard InChI is InChI=1S/C67H79ClN6O29S/c1-12-91-52-27-42-25-48(71-47(42)29-53(52)99-67-62(97-40(8)80)59(95-38(6)78)58(94-37(5)77)60(101-67)65(83)87-11)64(82)74-32-43(31-68)56-46-28-44(86-10)14-15-45(46)51(30-49(56)74)102-104(84,85)103-54-26-41(63(81)73(9)18-20-89-22-24-90-23-21-88-19-17-70-72-69)13-16-50(54)98-66-61(96-39(7)79)57(93-36(4)76)34(2)55(100-66)33-92-35(3)75/h13-16,25-30,34,43,55,57-62,66-67,71H,12,17-24,31-33H2,1-11H3/t34-,43-,55-,57+,58+,59+,60+,61-,62-,66-,67?/m1/s1. The second-order valence-corrected chi connectivity index (χ2v) is 25.0. The molecule has 5 aromatic rings. The molecule has 35 nitrogen and oxygen atoms in total. The number of carbonyl (C=O) groups is 9. The number of likely N-dealkylation sites (N-methyl/N-ethyl adjacent to an activating group) is 1. The van der Waals surface area contributed by atoms with E-state index in [0.29, 0.717) is 22.1 Å². The highest BCUT2D eigenvalue weighted by Crippen LogP contribution is 2.48. The van der Waals surface area contributed by atoms with Crippen molar-refractivity contribution in [3.8, 4) is 34.5 Å². The number of anilines is 1. The SMILES string of the molecule is CCOc1cc2cc(C(=O)N3C[C@@H](CCl)c4c3cc(OS(=O)(=O)Oc3cc(C(=O)N(C)CCOCCOCCOCCN=[N+]=[N-])ccc3O[C@@H]3O[C@H](COC(C)=O)[C@@H](C)[C@H](OC(C)=O)[C@H]3OC(C)=O)c3ccc(OC)cc43)[nH]c2cc1OC1O[C@H](C(=O)OC)[C@@H](OC(C)=O)[C@H](OC(C)=O)[C@H]1OC(C)=O. The lowest BCUT2D eigenvalue weighted by atomic mass is 9.90. The van der Waals surface area contributed by atoms with Gasteiger partial charge in [-0.3, -0.25) is 38.4 Å². The number of halogens is 1. The number of aromatic amines is 1. The molecule has 1 unspecified atom stereocenters. The molecule has 2 amide bonds. The molecule has 37 heteroatoms. The number of hydrogen-bond donors (Lipinski definition) is 1. The number of rotatable bonds is 34. The van der Waals surface area contributed by atoms with Crippen molar-refractivity contribution < 1.29 is 136 Å². The first-order valence-corrected chi connectivity index (χ1v) is 34.3. The molecule has 1 N–H and O–H groups in total. The van der Waals surface area contributed by atoms with E-state index < -0.39 is 155 Å². The maximum Gasteiger partial charge on any atom is 0.501 e. The Morgan fingerprint density at radius 1 is 0.673 bits per heavy atom. The summed E-state index contributed by atoms with van der Waals surface area (Å²) in [6.07, 6.45) is -14.4. The quantitative estimate of drug-likeness (QED) is 0.00926. The number of ether oxygens (including phenoxy) is 16. The zero-order valence-corrected chi connectivity index (χ0v) is 60.0. The van der Waals surface area contributed by atoms with Crippen LogP contribution in [0, 0.1) is 5.92 Å². The number of carbonyl (C=O) groups excluding carboxylic acids is 9. The number of nitrogens with zero attached hydrogens (tertiary/aromatic N) is 5. The second kappa shape index (κ2) is 36.5. The van der Waals surface area contributed by atoms with E-state index in [4.69, 9.17) is 101 Å². The Morgan fingerprint density at radius 3 is 1.90 bits per heavy atom. The van der Waals surface area contributed by atoms with E-state index in [1.54, 1.807) is 19.9 Å². The molecule has 2 saturated heterocycles. The Morgan fingerprint density at radius 2 is 1.28 bits per heavy atom. The maximum atomic E-state index is 15.3. The first-order chi connectivity index (χ1) is 49.6. The number of hydrogen-bond acceptors (Lipinski definition) is 30. The zero-order chi connectivity index (χ0) is 75.7. The van der Waals surface area contributed by atoms with Crippen LogP contribution in [0.25, 0.3) is 32.1 Å². The predicted molar refractivity (Wildman–Crippen MR) is 359 cm³/mol. The van der Waals surface area contributed by atoms with Crippen molar-refractivity contribution in [3.05, 3.63) is 87.9 Å². The fourth-order valence-electron chi connectivity index (χ4n) is 11.6. The number of fused-ring (bicyclic) bond motifs is 4. The van der Waals surface area contributed by atoms with Gasteiger partial charge in [0.1, 0.15) is 30.3 Å². The lowest BCUT2D eigenvalue weighted by molar-refractivity contribution is -0.282. The number of H-pyrrole nitrogens is 1. The molecule has 564 valence electrons. The first kappa shape index (κ1) is 79.8. The molecule has 0 spiro atoms. The van der Waals surface area contributed by atoms with Crippen LogP contribution in [0.5, 0.6) is 34.5 Å². The smallest absolute Gasteiger partial charge is 0.497 e. The van der Waals surface area contributed by atoms with Gasteiger partial charge in [0, 0.05) is 125 Å². The first-order valence-electron chi connectivity index (χ1n) is 32.4. The summed E-state index contributed by atoms with van der Waals surface area (Å²) in [7, 11) is -1.57. The van der Waals surface area contributed by atoms with Crippen LogP contribution in [-0.2, 0) is 101 Å². The number of alkyl halides is 1. The molecular weight excluding hydrogens is 1420 g/mol. The molecule has 1 aromatic heterocycles. The summed E-state index contributed by atoms with van der Waals surface area (Å²) in [4.78, 5) is 126. The summed E-state index contributed by atoms with van der Waals surface area (Å²) in [6.45, 7) is 10.5. The number of amides is 2. The number of benzene rings is 4. The van der Waals surface area contributed by atoms with Gasteiger partial charge >= 0.3 is 52.2 Å². The van der Waals surface area contributed by atoms with Gasteiger partial charge in [-0.15, -0.1) is 20.0 Å². The average Bonchev–Trinajstić information content (AvgIpc) is 1.52. The van der Waals surface area contributed by atoms with Crippen molar-refractivity contribution in [1.82, 2.24) is 9.88 Å². The summed E-state index contributed by atoms with van der Waals surface area (Å²) >= 11 is 6.73. The summed E-state index contributed by atoms with van der Waals surface area (Å²) in [5, 5.41) is 4.26. The van der Waals surface area contributed by atoms with Gasteiger partial charge in [-0.1, -0.05) is 12.0 Å². The van der Waals surface area contributed by atoms with Gasteiger partial charge in [-0.2, -0.15) is 0 Å².